The van der Waals surface area contributed by atoms with Gasteiger partial charge in [0.15, 0.2) is 11.6 Å². The summed E-state index contributed by atoms with van der Waals surface area (Å²) in [4.78, 5) is 0. The molecule has 0 saturated carbocycles. The summed E-state index contributed by atoms with van der Waals surface area (Å²) in [6, 6.07) is 4.70. The van der Waals surface area contributed by atoms with Crippen molar-refractivity contribution in [2.24, 2.45) is 5.41 Å². The van der Waals surface area contributed by atoms with Gasteiger partial charge in [-0.25, -0.2) is 8.78 Å². The zero-order valence-electron chi connectivity index (χ0n) is 21.4. The van der Waals surface area contributed by atoms with E-state index in [1.807, 2.05) is 12.2 Å². The lowest BCUT2D eigenvalue weighted by Crippen LogP contribution is -2.41. The molecule has 37 heavy (non-hydrogen) atoms. The van der Waals surface area contributed by atoms with Gasteiger partial charge in [0.1, 0.15) is 12.4 Å². The van der Waals surface area contributed by atoms with Gasteiger partial charge in [-0.15, -0.1) is 0 Å². The molecule has 0 fully saturated rings. The number of halogens is 6. The fourth-order valence-electron chi connectivity index (χ4n) is 5.17. The number of hydrogen-bond acceptors (Lipinski definition) is 1. The van der Waals surface area contributed by atoms with Crippen molar-refractivity contribution in [1.29, 1.82) is 0 Å². The lowest BCUT2D eigenvalue weighted by Gasteiger charge is -2.35. The van der Waals surface area contributed by atoms with Crippen molar-refractivity contribution < 1.29 is 31.1 Å². The van der Waals surface area contributed by atoms with Gasteiger partial charge >= 0.3 is 11.8 Å². The molecule has 2 aliphatic rings. The molecule has 4 rings (SSSR count). The summed E-state index contributed by atoms with van der Waals surface area (Å²) >= 11 is 0. The first-order chi connectivity index (χ1) is 17.5. The van der Waals surface area contributed by atoms with E-state index in [1.54, 1.807) is 6.92 Å². The molecule has 0 amide bonds. The number of benzene rings is 2. The number of allylic oxidation sites excluding steroid dienone is 2. The van der Waals surface area contributed by atoms with E-state index in [-0.39, 0.29) is 24.0 Å². The summed E-state index contributed by atoms with van der Waals surface area (Å²) in [7, 11) is 0. The average Bonchev–Trinajstić information content (AvgIpc) is 2.84. The van der Waals surface area contributed by atoms with E-state index >= 15 is 22.0 Å². The zero-order valence-corrected chi connectivity index (χ0v) is 21.4. The Bertz CT molecular complexity index is 1230. The first kappa shape index (κ1) is 27.3. The van der Waals surface area contributed by atoms with Gasteiger partial charge < -0.3 is 4.74 Å². The number of rotatable bonds is 9. The minimum absolute atomic E-state index is 0.0169. The van der Waals surface area contributed by atoms with E-state index in [4.69, 9.17) is 4.74 Å². The minimum Gasteiger partial charge on any atom is -0.486 e. The Morgan fingerprint density at radius 1 is 0.838 bits per heavy atom. The highest BCUT2D eigenvalue weighted by atomic mass is 19.3. The Morgan fingerprint density at radius 2 is 1.49 bits per heavy atom. The van der Waals surface area contributed by atoms with Crippen LogP contribution in [0.2, 0.25) is 0 Å². The van der Waals surface area contributed by atoms with Crippen LogP contribution in [0, 0.1) is 17.0 Å². The third kappa shape index (κ3) is 4.82. The Labute approximate surface area is 214 Å². The SMILES string of the molecule is CCCCCC1(C)C=CC(COc2ccc3c(c2F)C(F)(F)C(F)(F)c2c-3ccc(CCC)c2F)=CC1. The Hall–Kier alpha value is -2.70. The van der Waals surface area contributed by atoms with Gasteiger partial charge in [0.25, 0.3) is 0 Å². The number of ether oxygens (including phenoxy) is 1. The monoisotopic (exact) mass is 522 g/mol. The van der Waals surface area contributed by atoms with Gasteiger partial charge in [0.05, 0.1) is 11.1 Å². The molecule has 0 aromatic heterocycles. The van der Waals surface area contributed by atoms with E-state index in [0.29, 0.717) is 6.42 Å². The highest BCUT2D eigenvalue weighted by Gasteiger charge is 2.65. The van der Waals surface area contributed by atoms with Crippen LogP contribution >= 0.6 is 0 Å². The minimum atomic E-state index is -4.96. The molecular weight excluding hydrogens is 490 g/mol. The van der Waals surface area contributed by atoms with Gasteiger partial charge in [-0.05, 0) is 59.1 Å². The van der Waals surface area contributed by atoms with Crippen LogP contribution in [0.25, 0.3) is 11.1 Å². The fourth-order valence-corrected chi connectivity index (χ4v) is 5.17. The van der Waals surface area contributed by atoms with E-state index < -0.39 is 51.5 Å². The van der Waals surface area contributed by atoms with Gasteiger partial charge in [-0.3, -0.25) is 0 Å². The third-order valence-corrected chi connectivity index (χ3v) is 7.44. The van der Waals surface area contributed by atoms with E-state index in [1.165, 1.54) is 12.1 Å². The molecule has 2 aromatic rings. The maximum atomic E-state index is 15.4. The van der Waals surface area contributed by atoms with Crippen LogP contribution in [0.15, 0.2) is 48.1 Å². The van der Waals surface area contributed by atoms with Crippen LogP contribution in [0.1, 0.15) is 76.0 Å². The van der Waals surface area contributed by atoms with Crippen molar-refractivity contribution >= 4 is 0 Å². The van der Waals surface area contributed by atoms with Crippen molar-refractivity contribution in [1.82, 2.24) is 0 Å². The molecular formula is C30H32F6O. The van der Waals surface area contributed by atoms with Crippen molar-refractivity contribution in [3.8, 4) is 16.9 Å². The first-order valence-corrected chi connectivity index (χ1v) is 12.9. The molecule has 0 saturated heterocycles. The molecule has 2 aliphatic carbocycles. The largest absolute Gasteiger partial charge is 0.486 e. The van der Waals surface area contributed by atoms with Crippen LogP contribution in [0.4, 0.5) is 26.3 Å². The summed E-state index contributed by atoms with van der Waals surface area (Å²) in [5, 5.41) is 0. The molecule has 0 spiro atoms. The van der Waals surface area contributed by atoms with Crippen molar-refractivity contribution in [2.45, 2.75) is 77.6 Å². The maximum Gasteiger partial charge on any atom is 0.343 e. The molecule has 0 heterocycles. The van der Waals surface area contributed by atoms with Crippen molar-refractivity contribution in [3.05, 3.63) is 76.4 Å². The van der Waals surface area contributed by atoms with Crippen LogP contribution < -0.4 is 4.74 Å². The summed E-state index contributed by atoms with van der Waals surface area (Å²) in [5.41, 5.74) is -3.06. The molecule has 1 unspecified atom stereocenters. The second-order valence-electron chi connectivity index (χ2n) is 10.4. The molecule has 0 bridgehead atoms. The summed E-state index contributed by atoms with van der Waals surface area (Å²) in [5.74, 6) is -13.4. The number of fused-ring (bicyclic) bond motifs is 3. The standard InChI is InChI=1S/C30H32F6O/c1-4-6-7-15-28(3)16-13-19(14-17-28)18-37-23-12-11-22-21-10-9-20(8-5-2)26(31)24(21)29(33,34)30(35,36)25(22)27(23)32/h9-14,16H,4-8,15,17-18H2,1-3H3. The second-order valence-corrected chi connectivity index (χ2v) is 10.4. The number of aryl methyl sites for hydroxylation is 1. The summed E-state index contributed by atoms with van der Waals surface area (Å²) < 4.78 is 96.3. The van der Waals surface area contributed by atoms with E-state index in [9.17, 15) is 4.39 Å². The molecule has 1 atom stereocenters. The highest BCUT2D eigenvalue weighted by molar-refractivity contribution is 5.77. The number of hydrogen-bond donors (Lipinski definition) is 0. The molecule has 200 valence electrons. The predicted molar refractivity (Wildman–Crippen MR) is 133 cm³/mol. The molecule has 0 radical (unpaired) electrons. The van der Waals surface area contributed by atoms with Crippen LogP contribution in [0.3, 0.4) is 0 Å². The van der Waals surface area contributed by atoms with E-state index in [0.717, 1.165) is 49.8 Å². The molecule has 2 aromatic carbocycles. The zero-order chi connectivity index (χ0) is 27.0. The average molecular weight is 523 g/mol. The van der Waals surface area contributed by atoms with Gasteiger partial charge in [0.2, 0.25) is 0 Å². The topological polar surface area (TPSA) is 9.23 Å². The molecule has 1 nitrogen and oxygen atoms in total. The van der Waals surface area contributed by atoms with Crippen LogP contribution in [0.5, 0.6) is 5.75 Å². The third-order valence-electron chi connectivity index (χ3n) is 7.44. The lowest BCUT2D eigenvalue weighted by atomic mass is 9.78. The number of unbranched alkanes of at least 4 members (excludes halogenated alkanes) is 2. The summed E-state index contributed by atoms with van der Waals surface area (Å²) in [6.07, 6.45) is 11.7. The van der Waals surface area contributed by atoms with E-state index in [2.05, 4.69) is 19.9 Å². The number of alkyl halides is 4. The van der Waals surface area contributed by atoms with Crippen molar-refractivity contribution in [2.75, 3.05) is 6.61 Å². The Kier molecular flexibility index (Phi) is 7.55. The van der Waals surface area contributed by atoms with Crippen LogP contribution in [-0.2, 0) is 18.3 Å². The van der Waals surface area contributed by atoms with Gasteiger partial charge in [-0.1, -0.05) is 76.8 Å². The first-order valence-electron chi connectivity index (χ1n) is 12.9. The Morgan fingerprint density at radius 3 is 2.08 bits per heavy atom. The maximum absolute atomic E-state index is 15.4. The molecule has 0 N–H and O–H groups in total. The quantitative estimate of drug-likeness (QED) is 0.235. The van der Waals surface area contributed by atoms with Gasteiger partial charge in [0, 0.05) is 0 Å². The van der Waals surface area contributed by atoms with Gasteiger partial charge in [-0.2, -0.15) is 17.6 Å². The molecule has 7 heteroatoms. The lowest BCUT2D eigenvalue weighted by molar-refractivity contribution is -0.228. The smallest absolute Gasteiger partial charge is 0.343 e. The Balaban J connectivity index is 1.62. The summed E-state index contributed by atoms with van der Waals surface area (Å²) in [6.45, 7) is 5.93. The second kappa shape index (κ2) is 10.2. The predicted octanol–water partition coefficient (Wildman–Crippen LogP) is 9.63. The molecule has 0 aliphatic heterocycles. The van der Waals surface area contributed by atoms with Crippen LogP contribution in [-0.4, -0.2) is 6.61 Å². The van der Waals surface area contributed by atoms with Crippen molar-refractivity contribution in [3.63, 3.8) is 0 Å². The highest BCUT2D eigenvalue weighted by Crippen LogP contribution is 2.60. The normalized spacial score (nSPS) is 21.3. The fraction of sp³-hybridized carbons (Fsp3) is 0.467.